The van der Waals surface area contributed by atoms with Crippen molar-refractivity contribution in [3.05, 3.63) is 62.8 Å². The molecule has 1 aliphatic heterocycles. The van der Waals surface area contributed by atoms with Crippen LogP contribution in [0.25, 0.3) is 10.6 Å². The highest BCUT2D eigenvalue weighted by molar-refractivity contribution is 7.14. The van der Waals surface area contributed by atoms with Gasteiger partial charge in [0.1, 0.15) is 11.0 Å². The summed E-state index contributed by atoms with van der Waals surface area (Å²) in [5, 5.41) is 7.49. The number of thiazole rings is 1. The second-order valence-corrected chi connectivity index (χ2v) is 9.24. The minimum Gasteiger partial charge on any atom is -0.468 e. The summed E-state index contributed by atoms with van der Waals surface area (Å²) >= 11 is 9.53. The monoisotopic (exact) mass is 475 g/mol. The molecule has 162 valence electrons. The van der Waals surface area contributed by atoms with Crippen LogP contribution in [0.3, 0.4) is 0 Å². The molecule has 0 aliphatic carbocycles. The van der Waals surface area contributed by atoms with Crippen LogP contribution in [0.4, 0.5) is 0 Å². The molecule has 31 heavy (non-hydrogen) atoms. The van der Waals surface area contributed by atoms with Crippen LogP contribution < -0.4 is 0 Å². The molecule has 2 aromatic heterocycles. The van der Waals surface area contributed by atoms with Crippen LogP contribution in [0, 0.1) is 0 Å². The Bertz CT molecular complexity index is 1050. The molecule has 4 rings (SSSR count). The highest BCUT2D eigenvalue weighted by Crippen LogP contribution is 2.30. The Morgan fingerprint density at radius 1 is 1.16 bits per heavy atom. The summed E-state index contributed by atoms with van der Waals surface area (Å²) in [6.45, 7) is 2.21. The fraction of sp³-hybridized carbons (Fsp3) is 0.318. The zero-order valence-corrected chi connectivity index (χ0v) is 19.4. The number of carbonyl (C=O) groups is 2. The van der Waals surface area contributed by atoms with Crippen molar-refractivity contribution in [2.45, 2.75) is 12.5 Å². The standard InChI is InChI=1S/C22H22ClN3O3S2/c1-29-22(28)20(17-4-2-3-5-18(17)23)26-9-7-25(8-10-26)19(27)12-16-14-31-21(24-16)15-6-11-30-13-15/h2-6,11,13-14,20H,7-10,12H2,1H3. The third-order valence-electron chi connectivity index (χ3n) is 5.31. The lowest BCUT2D eigenvalue weighted by Gasteiger charge is -2.38. The molecule has 0 radical (unpaired) electrons. The van der Waals surface area contributed by atoms with E-state index in [1.165, 1.54) is 7.11 Å². The molecule has 1 atom stereocenters. The number of carbonyl (C=O) groups excluding carboxylic acids is 2. The van der Waals surface area contributed by atoms with E-state index >= 15 is 0 Å². The lowest BCUT2D eigenvalue weighted by Crippen LogP contribution is -2.51. The van der Waals surface area contributed by atoms with Crippen LogP contribution >= 0.6 is 34.3 Å². The highest BCUT2D eigenvalue weighted by atomic mass is 35.5. The number of piperazine rings is 1. The quantitative estimate of drug-likeness (QED) is 0.502. The van der Waals surface area contributed by atoms with Crippen molar-refractivity contribution in [1.29, 1.82) is 0 Å². The Morgan fingerprint density at radius 2 is 1.94 bits per heavy atom. The van der Waals surface area contributed by atoms with E-state index < -0.39 is 6.04 Å². The second kappa shape index (κ2) is 9.91. The molecule has 0 N–H and O–H groups in total. The number of hydrogen-bond acceptors (Lipinski definition) is 7. The number of aromatic nitrogens is 1. The second-order valence-electron chi connectivity index (χ2n) is 7.20. The molecular formula is C22H22ClN3O3S2. The Hall–Kier alpha value is -2.26. The summed E-state index contributed by atoms with van der Waals surface area (Å²) < 4.78 is 5.04. The van der Waals surface area contributed by atoms with Crippen LogP contribution in [0.2, 0.25) is 5.02 Å². The van der Waals surface area contributed by atoms with Gasteiger partial charge in [0.2, 0.25) is 5.91 Å². The lowest BCUT2D eigenvalue weighted by molar-refractivity contribution is -0.148. The van der Waals surface area contributed by atoms with E-state index in [0.717, 1.165) is 21.8 Å². The fourth-order valence-corrected chi connectivity index (χ4v) is 5.46. The minimum atomic E-state index is -0.581. The van der Waals surface area contributed by atoms with E-state index in [1.807, 2.05) is 44.8 Å². The Morgan fingerprint density at radius 3 is 2.61 bits per heavy atom. The highest BCUT2D eigenvalue weighted by Gasteiger charge is 2.33. The number of benzene rings is 1. The van der Waals surface area contributed by atoms with Crippen molar-refractivity contribution in [3.8, 4) is 10.6 Å². The first-order valence-corrected chi connectivity index (χ1v) is 12.1. The van der Waals surface area contributed by atoms with Crippen LogP contribution in [-0.2, 0) is 20.7 Å². The van der Waals surface area contributed by atoms with Crippen LogP contribution in [0.1, 0.15) is 17.3 Å². The molecule has 1 aromatic carbocycles. The zero-order chi connectivity index (χ0) is 21.8. The smallest absolute Gasteiger partial charge is 0.327 e. The molecule has 1 saturated heterocycles. The van der Waals surface area contributed by atoms with Gasteiger partial charge in [-0.25, -0.2) is 9.78 Å². The van der Waals surface area contributed by atoms with Crippen molar-refractivity contribution in [2.24, 2.45) is 0 Å². The van der Waals surface area contributed by atoms with Gasteiger partial charge in [-0.15, -0.1) is 11.3 Å². The van der Waals surface area contributed by atoms with Crippen molar-refractivity contribution in [1.82, 2.24) is 14.8 Å². The molecule has 0 spiro atoms. The molecule has 3 aromatic rings. The Balaban J connectivity index is 1.38. The average Bonchev–Trinajstić information content (AvgIpc) is 3.47. The molecule has 1 amide bonds. The number of amides is 1. The number of halogens is 1. The van der Waals surface area contributed by atoms with Gasteiger partial charge in [-0.2, -0.15) is 11.3 Å². The first-order valence-electron chi connectivity index (χ1n) is 9.88. The summed E-state index contributed by atoms with van der Waals surface area (Å²) in [5.74, 6) is -0.300. The first-order chi connectivity index (χ1) is 15.1. The van der Waals surface area contributed by atoms with Gasteiger partial charge in [-0.05, 0) is 23.1 Å². The van der Waals surface area contributed by atoms with E-state index in [2.05, 4.69) is 10.4 Å². The molecule has 1 fully saturated rings. The van der Waals surface area contributed by atoms with Crippen LogP contribution in [0.5, 0.6) is 0 Å². The summed E-state index contributed by atoms with van der Waals surface area (Å²) in [4.78, 5) is 33.8. The molecule has 1 unspecified atom stereocenters. The number of ether oxygens (including phenoxy) is 1. The van der Waals surface area contributed by atoms with Gasteiger partial charge in [0, 0.05) is 47.5 Å². The maximum absolute atomic E-state index is 12.8. The number of rotatable bonds is 6. The number of methoxy groups -OCH3 is 1. The van der Waals surface area contributed by atoms with E-state index in [1.54, 1.807) is 28.7 Å². The van der Waals surface area contributed by atoms with Crippen molar-refractivity contribution < 1.29 is 14.3 Å². The van der Waals surface area contributed by atoms with Gasteiger partial charge >= 0.3 is 5.97 Å². The van der Waals surface area contributed by atoms with E-state index in [-0.39, 0.29) is 18.3 Å². The van der Waals surface area contributed by atoms with Crippen LogP contribution in [0.15, 0.2) is 46.5 Å². The largest absolute Gasteiger partial charge is 0.468 e. The predicted molar refractivity (Wildman–Crippen MR) is 123 cm³/mol. The summed E-state index contributed by atoms with van der Waals surface area (Å²) in [6, 6.07) is 8.75. The maximum atomic E-state index is 12.8. The molecule has 0 saturated carbocycles. The molecular weight excluding hydrogens is 454 g/mol. The number of nitrogens with zero attached hydrogens (tertiary/aromatic N) is 3. The van der Waals surface area contributed by atoms with Crippen molar-refractivity contribution in [2.75, 3.05) is 33.3 Å². The van der Waals surface area contributed by atoms with Gasteiger partial charge in [0.15, 0.2) is 0 Å². The van der Waals surface area contributed by atoms with Gasteiger partial charge < -0.3 is 9.64 Å². The molecule has 6 nitrogen and oxygen atoms in total. The Labute approximate surface area is 194 Å². The SMILES string of the molecule is COC(=O)C(c1ccccc1Cl)N1CCN(C(=O)Cc2csc(-c3ccsc3)n2)CC1. The summed E-state index contributed by atoms with van der Waals surface area (Å²) in [5.41, 5.74) is 2.61. The number of hydrogen-bond donors (Lipinski definition) is 0. The summed E-state index contributed by atoms with van der Waals surface area (Å²) in [6.07, 6.45) is 0.283. The van der Waals surface area contributed by atoms with E-state index in [4.69, 9.17) is 16.3 Å². The summed E-state index contributed by atoms with van der Waals surface area (Å²) in [7, 11) is 1.38. The van der Waals surface area contributed by atoms with Crippen LogP contribution in [-0.4, -0.2) is 59.9 Å². The molecule has 9 heteroatoms. The first kappa shape index (κ1) is 22.0. The number of thiophene rings is 1. The molecule has 3 heterocycles. The molecule has 1 aliphatic rings. The number of esters is 1. The van der Waals surface area contributed by atoms with E-state index in [9.17, 15) is 9.59 Å². The van der Waals surface area contributed by atoms with Gasteiger partial charge in [0.05, 0.1) is 19.2 Å². The maximum Gasteiger partial charge on any atom is 0.327 e. The Kier molecular flexibility index (Phi) is 7.02. The predicted octanol–water partition coefficient (Wildman–Crippen LogP) is 4.13. The molecule has 0 bridgehead atoms. The van der Waals surface area contributed by atoms with Crippen molar-refractivity contribution in [3.63, 3.8) is 0 Å². The lowest BCUT2D eigenvalue weighted by atomic mass is 10.0. The van der Waals surface area contributed by atoms with Gasteiger partial charge in [-0.1, -0.05) is 29.8 Å². The van der Waals surface area contributed by atoms with E-state index in [0.29, 0.717) is 31.2 Å². The average molecular weight is 476 g/mol. The van der Waals surface area contributed by atoms with Gasteiger partial charge in [0.25, 0.3) is 0 Å². The van der Waals surface area contributed by atoms with Gasteiger partial charge in [-0.3, -0.25) is 9.69 Å². The fourth-order valence-electron chi connectivity index (χ4n) is 3.68. The third kappa shape index (κ3) is 4.98. The minimum absolute atomic E-state index is 0.0502. The third-order valence-corrected chi connectivity index (χ3v) is 7.28. The topological polar surface area (TPSA) is 62.7 Å². The van der Waals surface area contributed by atoms with Crippen molar-refractivity contribution >= 4 is 46.2 Å². The normalized spacial score (nSPS) is 15.6. The zero-order valence-electron chi connectivity index (χ0n) is 17.0.